The van der Waals surface area contributed by atoms with Crippen LogP contribution in [0.2, 0.25) is 0 Å². The molecule has 0 fully saturated rings. The fourth-order valence-electron chi connectivity index (χ4n) is 1.28. The molecule has 0 aliphatic carbocycles. The molecule has 4 nitrogen and oxygen atoms in total. The monoisotopic (exact) mass is 323 g/mol. The van der Waals surface area contributed by atoms with Gasteiger partial charge in [-0.3, -0.25) is 15.1 Å². The van der Waals surface area contributed by atoms with Crippen LogP contribution in [0.25, 0.3) is 0 Å². The molecular formula is C12H16Cl3N3O. The molecule has 0 saturated carbocycles. The lowest BCUT2D eigenvalue weighted by molar-refractivity contribution is -0.124. The number of aromatic nitrogens is 1. The zero-order valence-corrected chi connectivity index (χ0v) is 12.9. The van der Waals surface area contributed by atoms with Gasteiger partial charge in [0.25, 0.3) is 0 Å². The first kappa shape index (κ1) is 16.5. The first-order valence-corrected chi connectivity index (χ1v) is 6.93. The third-order valence-corrected chi connectivity index (χ3v) is 3.03. The second-order valence-corrected chi connectivity index (χ2v) is 6.75. The highest BCUT2D eigenvalue weighted by Crippen LogP contribution is 2.29. The van der Waals surface area contributed by atoms with E-state index in [1.807, 2.05) is 12.1 Å². The van der Waals surface area contributed by atoms with Crippen LogP contribution in [0, 0.1) is 5.92 Å². The van der Waals surface area contributed by atoms with Crippen LogP contribution < -0.4 is 10.6 Å². The Hall–Kier alpha value is -0.550. The zero-order chi connectivity index (χ0) is 14.5. The Morgan fingerprint density at radius 2 is 2.11 bits per heavy atom. The van der Waals surface area contributed by atoms with Gasteiger partial charge in [-0.1, -0.05) is 54.7 Å². The van der Waals surface area contributed by atoms with E-state index in [-0.39, 0.29) is 11.8 Å². The van der Waals surface area contributed by atoms with Gasteiger partial charge in [0.05, 0.1) is 0 Å². The third kappa shape index (κ3) is 5.95. The van der Waals surface area contributed by atoms with Crippen molar-refractivity contribution in [2.24, 2.45) is 5.92 Å². The molecule has 0 spiro atoms. The highest BCUT2D eigenvalue weighted by molar-refractivity contribution is 6.68. The molecule has 1 aromatic heterocycles. The molecule has 106 valence electrons. The highest BCUT2D eigenvalue weighted by atomic mass is 35.6. The maximum absolute atomic E-state index is 11.7. The predicted octanol–water partition coefficient (Wildman–Crippen LogP) is 2.64. The zero-order valence-electron chi connectivity index (χ0n) is 10.7. The van der Waals surface area contributed by atoms with Crippen molar-refractivity contribution in [1.29, 1.82) is 0 Å². The number of amides is 1. The van der Waals surface area contributed by atoms with Gasteiger partial charge < -0.3 is 5.32 Å². The first-order chi connectivity index (χ1) is 8.80. The Bertz CT molecular complexity index is 406. The Balaban J connectivity index is 2.63. The number of alkyl halides is 3. The standard InChI is InChI=1S/C12H16Cl3N3O/c1-8(2)10(19)18-11(12(13,14)15)17-7-9-4-3-5-16-6-9/h3-6,8,11,17H,7H2,1-2H3,(H,18,19)/t11-/m1/s1. The summed E-state index contributed by atoms with van der Waals surface area (Å²) in [6, 6.07) is 3.70. The number of carbonyl (C=O) groups excluding carboxylic acids is 1. The van der Waals surface area contributed by atoms with E-state index in [4.69, 9.17) is 34.8 Å². The first-order valence-electron chi connectivity index (χ1n) is 5.80. The highest BCUT2D eigenvalue weighted by Gasteiger charge is 2.33. The van der Waals surface area contributed by atoms with Gasteiger partial charge in [-0.15, -0.1) is 0 Å². The van der Waals surface area contributed by atoms with Crippen LogP contribution in [0.15, 0.2) is 24.5 Å². The second-order valence-electron chi connectivity index (χ2n) is 4.38. The maximum Gasteiger partial charge on any atom is 0.223 e. The number of hydrogen-bond acceptors (Lipinski definition) is 3. The third-order valence-electron chi connectivity index (χ3n) is 2.37. The van der Waals surface area contributed by atoms with Gasteiger partial charge in [-0.25, -0.2) is 0 Å². The minimum atomic E-state index is -1.63. The summed E-state index contributed by atoms with van der Waals surface area (Å²) < 4.78 is -1.63. The smallest absolute Gasteiger partial charge is 0.223 e. The van der Waals surface area contributed by atoms with Crippen molar-refractivity contribution >= 4 is 40.7 Å². The summed E-state index contributed by atoms with van der Waals surface area (Å²) in [4.78, 5) is 15.7. The molecule has 0 bridgehead atoms. The Kier molecular flexibility index (Phi) is 6.33. The number of halogens is 3. The van der Waals surface area contributed by atoms with Gasteiger partial charge in [-0.2, -0.15) is 0 Å². The van der Waals surface area contributed by atoms with E-state index in [0.717, 1.165) is 5.56 Å². The van der Waals surface area contributed by atoms with Crippen molar-refractivity contribution in [2.45, 2.75) is 30.4 Å². The number of nitrogens with zero attached hydrogens (tertiary/aromatic N) is 1. The Morgan fingerprint density at radius 3 is 2.58 bits per heavy atom. The summed E-state index contributed by atoms with van der Waals surface area (Å²) in [5.74, 6) is -0.370. The van der Waals surface area contributed by atoms with Crippen LogP contribution in [0.5, 0.6) is 0 Å². The summed E-state index contributed by atoms with van der Waals surface area (Å²) in [5.41, 5.74) is 0.931. The molecule has 0 aliphatic heterocycles. The van der Waals surface area contributed by atoms with Gasteiger partial charge >= 0.3 is 0 Å². The largest absolute Gasteiger partial charge is 0.336 e. The fourth-order valence-corrected chi connectivity index (χ4v) is 1.68. The van der Waals surface area contributed by atoms with Crippen LogP contribution in [-0.4, -0.2) is 20.8 Å². The van der Waals surface area contributed by atoms with Crippen molar-refractivity contribution in [3.8, 4) is 0 Å². The minimum Gasteiger partial charge on any atom is -0.336 e. The fraction of sp³-hybridized carbons (Fsp3) is 0.500. The lowest BCUT2D eigenvalue weighted by atomic mass is 10.2. The molecule has 0 radical (unpaired) electrons. The van der Waals surface area contributed by atoms with Crippen molar-refractivity contribution in [1.82, 2.24) is 15.6 Å². The van der Waals surface area contributed by atoms with Crippen LogP contribution in [0.1, 0.15) is 19.4 Å². The van der Waals surface area contributed by atoms with Gasteiger partial charge in [0.15, 0.2) is 0 Å². The second kappa shape index (κ2) is 7.29. The molecule has 0 saturated heterocycles. The van der Waals surface area contributed by atoms with Crippen LogP contribution in [0.4, 0.5) is 0 Å². The number of nitrogens with one attached hydrogen (secondary N) is 2. The summed E-state index contributed by atoms with van der Waals surface area (Å²) >= 11 is 17.6. The molecule has 1 heterocycles. The molecule has 1 amide bonds. The number of hydrogen-bond donors (Lipinski definition) is 2. The van der Waals surface area contributed by atoms with E-state index in [2.05, 4.69) is 15.6 Å². The van der Waals surface area contributed by atoms with E-state index in [0.29, 0.717) is 6.54 Å². The average molecular weight is 325 g/mol. The van der Waals surface area contributed by atoms with Gasteiger partial charge in [0, 0.05) is 24.9 Å². The average Bonchev–Trinajstić information content (AvgIpc) is 2.33. The van der Waals surface area contributed by atoms with Crippen LogP contribution in [-0.2, 0) is 11.3 Å². The van der Waals surface area contributed by atoms with Gasteiger partial charge in [0.2, 0.25) is 9.70 Å². The van der Waals surface area contributed by atoms with Crippen LogP contribution >= 0.6 is 34.8 Å². The molecule has 7 heteroatoms. The van der Waals surface area contributed by atoms with Gasteiger partial charge in [0.1, 0.15) is 6.17 Å². The van der Waals surface area contributed by atoms with Gasteiger partial charge in [-0.05, 0) is 11.6 Å². The Morgan fingerprint density at radius 1 is 1.42 bits per heavy atom. The molecule has 0 aliphatic rings. The molecule has 0 aromatic carbocycles. The normalized spacial score (nSPS) is 13.4. The van der Waals surface area contributed by atoms with Crippen LogP contribution in [0.3, 0.4) is 0 Å². The molecule has 1 rings (SSSR count). The lowest BCUT2D eigenvalue weighted by Gasteiger charge is -2.27. The van der Waals surface area contributed by atoms with E-state index < -0.39 is 9.96 Å². The topological polar surface area (TPSA) is 54.0 Å². The van der Waals surface area contributed by atoms with Crippen molar-refractivity contribution in [3.05, 3.63) is 30.1 Å². The number of rotatable bonds is 5. The summed E-state index contributed by atoms with van der Waals surface area (Å²) in [5, 5.41) is 5.65. The quantitative estimate of drug-likeness (QED) is 0.647. The predicted molar refractivity (Wildman–Crippen MR) is 78.1 cm³/mol. The molecule has 1 atom stereocenters. The number of pyridine rings is 1. The Labute approximate surface area is 127 Å². The lowest BCUT2D eigenvalue weighted by Crippen LogP contribution is -2.54. The van der Waals surface area contributed by atoms with Crippen molar-refractivity contribution in [2.75, 3.05) is 0 Å². The molecule has 1 aromatic rings. The van der Waals surface area contributed by atoms with Crippen molar-refractivity contribution in [3.63, 3.8) is 0 Å². The molecule has 19 heavy (non-hydrogen) atoms. The molecule has 0 unspecified atom stereocenters. The summed E-state index contributed by atoms with van der Waals surface area (Å²) in [6.45, 7) is 3.97. The minimum absolute atomic E-state index is 0.185. The molecule has 2 N–H and O–H groups in total. The molecular weight excluding hydrogens is 309 g/mol. The van der Waals surface area contributed by atoms with Crippen molar-refractivity contribution < 1.29 is 4.79 Å². The number of carbonyl (C=O) groups is 1. The SMILES string of the molecule is CC(C)C(=O)N[C@@H](NCc1cccnc1)C(Cl)(Cl)Cl. The maximum atomic E-state index is 11.7. The van der Waals surface area contributed by atoms with E-state index >= 15 is 0 Å². The summed E-state index contributed by atoms with van der Waals surface area (Å²) in [7, 11) is 0. The van der Waals surface area contributed by atoms with E-state index in [1.54, 1.807) is 26.2 Å². The summed E-state index contributed by atoms with van der Waals surface area (Å²) in [6.07, 6.45) is 2.61. The van der Waals surface area contributed by atoms with E-state index in [1.165, 1.54) is 0 Å². The van der Waals surface area contributed by atoms with E-state index in [9.17, 15) is 4.79 Å².